The molecule has 10 nitrogen and oxygen atoms in total. The predicted molar refractivity (Wildman–Crippen MR) is 144 cm³/mol. The molecule has 0 amide bonds. The molecule has 39 heavy (non-hydrogen) atoms. The summed E-state index contributed by atoms with van der Waals surface area (Å²) in [7, 11) is -3.72. The monoisotopic (exact) mass is 570 g/mol. The van der Waals surface area contributed by atoms with Gasteiger partial charge in [-0.25, -0.2) is 8.42 Å². The average Bonchev–Trinajstić information content (AvgIpc) is 2.84. The molecule has 0 spiro atoms. The van der Waals surface area contributed by atoms with Crippen LogP contribution in [-0.2, 0) is 50.3 Å². The summed E-state index contributed by atoms with van der Waals surface area (Å²) in [6.45, 7) is 5.66. The van der Waals surface area contributed by atoms with E-state index in [-0.39, 0.29) is 38.2 Å². The van der Waals surface area contributed by atoms with Crippen LogP contribution < -0.4 is 0 Å². The van der Waals surface area contributed by atoms with Crippen molar-refractivity contribution in [3.05, 3.63) is 35.4 Å². The Morgan fingerprint density at radius 2 is 1.87 bits per heavy atom. The Balaban J connectivity index is 2.24. The van der Waals surface area contributed by atoms with Gasteiger partial charge in [0.2, 0.25) is 0 Å². The molecule has 0 bridgehead atoms. The molecule has 1 aromatic rings. The molecule has 1 heterocycles. The van der Waals surface area contributed by atoms with Crippen molar-refractivity contribution in [2.45, 2.75) is 83.8 Å². The van der Waals surface area contributed by atoms with Crippen LogP contribution in [0.5, 0.6) is 0 Å². The zero-order valence-electron chi connectivity index (χ0n) is 23.1. The van der Waals surface area contributed by atoms with Gasteiger partial charge in [-0.1, -0.05) is 44.5 Å². The van der Waals surface area contributed by atoms with Crippen molar-refractivity contribution >= 4 is 27.7 Å². The van der Waals surface area contributed by atoms with E-state index in [1.54, 1.807) is 45.0 Å². The van der Waals surface area contributed by atoms with Crippen molar-refractivity contribution in [2.75, 3.05) is 31.3 Å². The normalized spacial score (nSPS) is 17.8. The molecule has 0 radical (unpaired) electrons. The highest BCUT2D eigenvalue weighted by atomic mass is 32.2. The van der Waals surface area contributed by atoms with E-state index in [0.717, 1.165) is 12.8 Å². The second-order valence-corrected chi connectivity index (χ2v) is 13.0. The van der Waals surface area contributed by atoms with E-state index in [0.29, 0.717) is 37.0 Å². The molecule has 2 atom stereocenters. The van der Waals surface area contributed by atoms with Crippen LogP contribution in [0.1, 0.15) is 76.8 Å². The van der Waals surface area contributed by atoms with Crippen LogP contribution in [0.15, 0.2) is 24.3 Å². The first-order chi connectivity index (χ1) is 18.3. The molecule has 1 fully saturated rings. The highest BCUT2D eigenvalue weighted by molar-refractivity contribution is 7.92. The fourth-order valence-electron chi connectivity index (χ4n) is 4.92. The molecule has 0 aliphatic carbocycles. The van der Waals surface area contributed by atoms with Crippen LogP contribution in [0.2, 0.25) is 0 Å². The quantitative estimate of drug-likeness (QED) is 0.265. The first kappa shape index (κ1) is 32.7. The molecule has 0 aromatic heterocycles. The summed E-state index contributed by atoms with van der Waals surface area (Å²) >= 11 is 0. The van der Waals surface area contributed by atoms with Crippen molar-refractivity contribution < 1.29 is 47.2 Å². The van der Waals surface area contributed by atoms with E-state index in [9.17, 15) is 27.9 Å². The van der Waals surface area contributed by atoms with Gasteiger partial charge in [0.15, 0.2) is 16.1 Å². The molecule has 0 saturated carbocycles. The third-order valence-corrected chi connectivity index (χ3v) is 8.78. The first-order valence-corrected chi connectivity index (χ1v) is 15.2. The predicted octanol–water partition coefficient (Wildman–Crippen LogP) is 3.74. The standard InChI is InChI=1S/C28H42O10S/c1-4-36-24(31)18-39(34,35)20-27(2,3)14-8-15-28(26(32)33,19-38-25-11-5-6-16-37-25)22-10-7-9-21(17-22)12-13-23(29)30/h7,9-10,17,25H,4-6,8,11-16,18-20H2,1-3H3,(H,29,30)(H,32,33). The highest BCUT2D eigenvalue weighted by Crippen LogP contribution is 2.36. The van der Waals surface area contributed by atoms with Crippen LogP contribution in [0.4, 0.5) is 0 Å². The summed E-state index contributed by atoms with van der Waals surface area (Å²) in [6.07, 6.45) is 3.12. The molecule has 1 saturated heterocycles. The molecule has 1 aliphatic rings. The maximum atomic E-state index is 12.9. The molecule has 220 valence electrons. The Bertz CT molecular complexity index is 1080. The first-order valence-electron chi connectivity index (χ1n) is 13.4. The minimum atomic E-state index is -3.72. The fraction of sp³-hybridized carbons (Fsp3) is 0.679. The number of ether oxygens (including phenoxy) is 3. The van der Waals surface area contributed by atoms with Crippen LogP contribution in [0.3, 0.4) is 0 Å². The topological polar surface area (TPSA) is 154 Å². The maximum absolute atomic E-state index is 12.9. The number of sulfone groups is 1. The lowest BCUT2D eigenvalue weighted by molar-refractivity contribution is -0.180. The number of carbonyl (C=O) groups excluding carboxylic acids is 1. The molecule has 2 rings (SSSR count). The van der Waals surface area contributed by atoms with Crippen molar-refractivity contribution in [1.29, 1.82) is 0 Å². The second-order valence-electron chi connectivity index (χ2n) is 10.9. The largest absolute Gasteiger partial charge is 0.481 e. The van der Waals surface area contributed by atoms with Crippen LogP contribution >= 0.6 is 0 Å². The average molecular weight is 571 g/mol. The van der Waals surface area contributed by atoms with E-state index < -0.39 is 50.6 Å². The highest BCUT2D eigenvalue weighted by Gasteiger charge is 2.42. The Kier molecular flexibility index (Phi) is 12.4. The molecular weight excluding hydrogens is 528 g/mol. The lowest BCUT2D eigenvalue weighted by Gasteiger charge is -2.34. The van der Waals surface area contributed by atoms with Gasteiger partial charge in [0.1, 0.15) is 11.2 Å². The summed E-state index contributed by atoms with van der Waals surface area (Å²) < 4.78 is 41.6. The number of benzene rings is 1. The number of carboxylic acids is 2. The van der Waals surface area contributed by atoms with E-state index >= 15 is 0 Å². The molecule has 11 heteroatoms. The number of esters is 1. The summed E-state index contributed by atoms with van der Waals surface area (Å²) in [5.41, 5.74) is -0.951. The van der Waals surface area contributed by atoms with Gasteiger partial charge in [0, 0.05) is 13.0 Å². The summed E-state index contributed by atoms with van der Waals surface area (Å²) in [4.78, 5) is 35.7. The Labute approximate surface area is 230 Å². The van der Waals surface area contributed by atoms with Crippen LogP contribution in [0.25, 0.3) is 0 Å². The second kappa shape index (κ2) is 14.8. The molecular formula is C28H42O10S. The minimum absolute atomic E-state index is 0.0790. The third-order valence-electron chi connectivity index (χ3n) is 6.88. The van der Waals surface area contributed by atoms with Gasteiger partial charge in [-0.3, -0.25) is 14.4 Å². The van der Waals surface area contributed by atoms with Crippen molar-refractivity contribution in [2.24, 2.45) is 5.41 Å². The SMILES string of the molecule is CCOC(=O)CS(=O)(=O)CC(C)(C)CCCC(COC1CCCCO1)(C(=O)O)c1cccc(CCC(=O)O)c1. The Hall–Kier alpha value is -2.50. The van der Waals surface area contributed by atoms with Crippen molar-refractivity contribution in [3.8, 4) is 0 Å². The van der Waals surface area contributed by atoms with E-state index in [1.165, 1.54) is 0 Å². The van der Waals surface area contributed by atoms with E-state index in [2.05, 4.69) is 0 Å². The lowest BCUT2D eigenvalue weighted by Crippen LogP contribution is -2.43. The molecule has 1 aromatic carbocycles. The van der Waals surface area contributed by atoms with Gasteiger partial charge < -0.3 is 24.4 Å². The third kappa shape index (κ3) is 10.9. The zero-order valence-corrected chi connectivity index (χ0v) is 24.0. The smallest absolute Gasteiger partial charge is 0.321 e. The van der Waals surface area contributed by atoms with Gasteiger partial charge in [-0.15, -0.1) is 0 Å². The van der Waals surface area contributed by atoms with Crippen molar-refractivity contribution in [3.63, 3.8) is 0 Å². The molecule has 2 unspecified atom stereocenters. The number of hydrogen-bond acceptors (Lipinski definition) is 8. The number of rotatable bonds is 17. The number of aliphatic carboxylic acids is 2. The van der Waals surface area contributed by atoms with Gasteiger partial charge in [0.05, 0.1) is 19.0 Å². The summed E-state index contributed by atoms with van der Waals surface area (Å²) in [5.74, 6) is -3.75. The number of hydrogen-bond donors (Lipinski definition) is 2. The van der Waals surface area contributed by atoms with Gasteiger partial charge >= 0.3 is 17.9 Å². The fourth-order valence-corrected chi connectivity index (χ4v) is 6.79. The molecule has 2 N–H and O–H groups in total. The zero-order chi connectivity index (χ0) is 29.1. The summed E-state index contributed by atoms with van der Waals surface area (Å²) in [6, 6.07) is 6.91. The van der Waals surface area contributed by atoms with E-state index in [1.807, 2.05) is 0 Å². The minimum Gasteiger partial charge on any atom is -0.481 e. The van der Waals surface area contributed by atoms with Crippen LogP contribution in [0, 0.1) is 5.41 Å². The summed E-state index contributed by atoms with van der Waals surface area (Å²) in [5, 5.41) is 19.6. The maximum Gasteiger partial charge on any atom is 0.321 e. The number of aryl methyl sites for hydroxylation is 1. The lowest BCUT2D eigenvalue weighted by atomic mass is 9.74. The van der Waals surface area contributed by atoms with Crippen LogP contribution in [-0.4, -0.2) is 74.2 Å². The van der Waals surface area contributed by atoms with Gasteiger partial charge in [0.25, 0.3) is 0 Å². The van der Waals surface area contributed by atoms with Crippen molar-refractivity contribution in [1.82, 2.24) is 0 Å². The number of carbonyl (C=O) groups is 3. The van der Waals surface area contributed by atoms with E-state index in [4.69, 9.17) is 19.3 Å². The molecule has 1 aliphatic heterocycles. The number of carboxylic acid groups (broad SMARTS) is 2. The van der Waals surface area contributed by atoms with Gasteiger partial charge in [-0.05, 0) is 62.0 Å². The Morgan fingerprint density at radius 1 is 1.13 bits per heavy atom. The Morgan fingerprint density at radius 3 is 2.49 bits per heavy atom. The van der Waals surface area contributed by atoms with Gasteiger partial charge in [-0.2, -0.15) is 0 Å².